The van der Waals surface area contributed by atoms with Crippen molar-refractivity contribution in [1.29, 1.82) is 0 Å². The van der Waals surface area contributed by atoms with Crippen molar-refractivity contribution in [3.8, 4) is 0 Å². The Morgan fingerprint density at radius 3 is 1.43 bits per heavy atom. The number of amides is 2. The fourth-order valence-electron chi connectivity index (χ4n) is 4.61. The minimum absolute atomic E-state index is 0.123. The van der Waals surface area contributed by atoms with Gasteiger partial charge in [0, 0.05) is 40.5 Å². The van der Waals surface area contributed by atoms with Crippen LogP contribution in [0.5, 0.6) is 0 Å². The molecular formula is C34H64N2O10. The molecule has 0 spiro atoms. The highest BCUT2D eigenvalue weighted by Gasteiger charge is 2.15. The van der Waals surface area contributed by atoms with Gasteiger partial charge in [0.15, 0.2) is 0 Å². The number of ether oxygens (including phenoxy) is 4. The van der Waals surface area contributed by atoms with Gasteiger partial charge in [-0.2, -0.15) is 0 Å². The highest BCUT2D eigenvalue weighted by Crippen LogP contribution is 2.14. The van der Waals surface area contributed by atoms with Gasteiger partial charge in [-0.3, -0.25) is 19.2 Å². The first-order valence-electron chi connectivity index (χ1n) is 17.1. The van der Waals surface area contributed by atoms with Gasteiger partial charge in [-0.1, -0.05) is 65.2 Å². The van der Waals surface area contributed by atoms with Crippen LogP contribution < -0.4 is 10.6 Å². The van der Waals surface area contributed by atoms with Crippen LogP contribution >= 0.6 is 0 Å². The zero-order chi connectivity index (χ0) is 35.0. The SMILES string of the molecule is CCCCCCC[C@H](CCOC[C@H](C=O)NC(C)=O)OC(C)=O.CCCCCCC[C@H](CCOC[C@H](CO)NC(C)=O)OC(C)=O. The first kappa shape index (κ1) is 45.6. The monoisotopic (exact) mass is 660 g/mol. The molecule has 2 amide bonds. The third kappa shape index (κ3) is 32.8. The first-order chi connectivity index (χ1) is 22.0. The third-order valence-electron chi connectivity index (χ3n) is 6.89. The number of hydrogen-bond acceptors (Lipinski definition) is 10. The molecule has 0 heterocycles. The van der Waals surface area contributed by atoms with Gasteiger partial charge in [0.05, 0.1) is 39.1 Å². The van der Waals surface area contributed by atoms with E-state index in [4.69, 9.17) is 24.1 Å². The van der Waals surface area contributed by atoms with Crippen molar-refractivity contribution in [2.75, 3.05) is 33.0 Å². The second kappa shape index (κ2) is 32.4. The molecule has 0 bridgehead atoms. The van der Waals surface area contributed by atoms with Crippen LogP contribution in [0.2, 0.25) is 0 Å². The maximum Gasteiger partial charge on any atom is 0.302 e. The predicted octanol–water partition coefficient (Wildman–Crippen LogP) is 4.57. The summed E-state index contributed by atoms with van der Waals surface area (Å²) in [4.78, 5) is 54.9. The minimum Gasteiger partial charge on any atom is -0.462 e. The fraction of sp³-hybridized carbons (Fsp3) is 0.853. The van der Waals surface area contributed by atoms with Gasteiger partial charge in [-0.25, -0.2) is 0 Å². The molecule has 0 fully saturated rings. The van der Waals surface area contributed by atoms with Gasteiger partial charge in [0.2, 0.25) is 11.8 Å². The van der Waals surface area contributed by atoms with Crippen molar-refractivity contribution in [1.82, 2.24) is 10.6 Å². The summed E-state index contributed by atoms with van der Waals surface area (Å²) in [7, 11) is 0. The van der Waals surface area contributed by atoms with Crippen LogP contribution in [0.3, 0.4) is 0 Å². The maximum atomic E-state index is 11.2. The molecule has 0 saturated carbocycles. The zero-order valence-corrected chi connectivity index (χ0v) is 29.4. The molecule has 0 aliphatic heterocycles. The topological polar surface area (TPSA) is 167 Å². The summed E-state index contributed by atoms with van der Waals surface area (Å²) in [6.45, 7) is 11.0. The molecule has 0 aromatic heterocycles. The van der Waals surface area contributed by atoms with E-state index in [0.29, 0.717) is 32.3 Å². The molecule has 0 aliphatic rings. The highest BCUT2D eigenvalue weighted by molar-refractivity contribution is 5.77. The van der Waals surface area contributed by atoms with E-state index in [2.05, 4.69) is 24.5 Å². The summed E-state index contributed by atoms with van der Waals surface area (Å²) in [5, 5.41) is 14.2. The van der Waals surface area contributed by atoms with Gasteiger partial charge in [0.1, 0.15) is 24.5 Å². The molecule has 0 saturated heterocycles. The number of carbonyl (C=O) groups excluding carboxylic acids is 5. The van der Waals surface area contributed by atoms with E-state index in [-0.39, 0.29) is 55.8 Å². The van der Waals surface area contributed by atoms with Gasteiger partial charge in [0.25, 0.3) is 0 Å². The van der Waals surface area contributed by atoms with Crippen molar-refractivity contribution >= 4 is 30.0 Å². The zero-order valence-electron chi connectivity index (χ0n) is 29.4. The lowest BCUT2D eigenvalue weighted by molar-refractivity contribution is -0.148. The molecule has 3 N–H and O–H groups in total. The molecule has 0 aromatic carbocycles. The van der Waals surface area contributed by atoms with Crippen LogP contribution in [-0.2, 0) is 42.9 Å². The Hall–Kier alpha value is -2.57. The van der Waals surface area contributed by atoms with E-state index in [9.17, 15) is 24.0 Å². The van der Waals surface area contributed by atoms with Gasteiger partial charge < -0.3 is 39.5 Å². The summed E-state index contributed by atoms with van der Waals surface area (Å²) < 4.78 is 21.5. The number of hydrogen-bond donors (Lipinski definition) is 3. The second-order valence-corrected chi connectivity index (χ2v) is 11.6. The van der Waals surface area contributed by atoms with Crippen molar-refractivity contribution in [2.24, 2.45) is 0 Å². The molecular weight excluding hydrogens is 596 g/mol. The number of esters is 2. The van der Waals surface area contributed by atoms with Gasteiger partial charge in [-0.05, 0) is 25.7 Å². The smallest absolute Gasteiger partial charge is 0.302 e. The average molecular weight is 661 g/mol. The Bertz CT molecular complexity index is 796. The highest BCUT2D eigenvalue weighted by atomic mass is 16.5. The van der Waals surface area contributed by atoms with E-state index < -0.39 is 12.1 Å². The Morgan fingerprint density at radius 1 is 0.630 bits per heavy atom. The summed E-state index contributed by atoms with van der Waals surface area (Å²) in [5.41, 5.74) is 0. The average Bonchev–Trinajstić information content (AvgIpc) is 2.98. The predicted molar refractivity (Wildman–Crippen MR) is 177 cm³/mol. The lowest BCUT2D eigenvalue weighted by Crippen LogP contribution is -2.39. The van der Waals surface area contributed by atoms with Crippen LogP contribution in [0.15, 0.2) is 0 Å². The number of carbonyl (C=O) groups is 5. The lowest BCUT2D eigenvalue weighted by Gasteiger charge is -2.19. The molecule has 0 aliphatic carbocycles. The molecule has 4 atom stereocenters. The number of unbranched alkanes of at least 4 members (excludes halogenated alkanes) is 8. The molecule has 270 valence electrons. The normalized spacial score (nSPS) is 13.3. The van der Waals surface area contributed by atoms with E-state index in [1.165, 1.54) is 66.2 Å². The number of nitrogens with one attached hydrogen (secondary N) is 2. The van der Waals surface area contributed by atoms with Crippen LogP contribution in [0.1, 0.15) is 131 Å². The van der Waals surface area contributed by atoms with Crippen molar-refractivity contribution in [3.63, 3.8) is 0 Å². The van der Waals surface area contributed by atoms with E-state index in [1.54, 1.807) is 0 Å². The van der Waals surface area contributed by atoms with Crippen molar-refractivity contribution < 1.29 is 48.0 Å². The van der Waals surface area contributed by atoms with Gasteiger partial charge >= 0.3 is 11.9 Å². The number of aliphatic hydroxyl groups is 1. The Morgan fingerprint density at radius 2 is 1.07 bits per heavy atom. The number of rotatable bonds is 28. The second-order valence-electron chi connectivity index (χ2n) is 11.6. The number of aldehydes is 1. The van der Waals surface area contributed by atoms with Crippen molar-refractivity contribution in [3.05, 3.63) is 0 Å². The molecule has 12 heteroatoms. The molecule has 0 radical (unpaired) electrons. The standard InChI is InChI=1S/C17H33NO5.C17H31NO5/c2*1-4-5-6-7-8-9-17(23-15(3)21)10-11-22-13-16(12-19)18-14(2)20/h16-17,19H,4-13H2,1-3H3,(H,18,20);12,16-17H,4-11,13H2,1-3H3,(H,18,20)/t2*16-,17+/m00/s1. The third-order valence-corrected chi connectivity index (χ3v) is 6.89. The van der Waals surface area contributed by atoms with E-state index in [1.807, 2.05) is 0 Å². The summed E-state index contributed by atoms with van der Waals surface area (Å²) in [5.74, 6) is -1.02. The molecule has 0 rings (SSSR count). The summed E-state index contributed by atoms with van der Waals surface area (Å²) in [6, 6.07) is -1.03. The molecule has 0 aromatic rings. The van der Waals surface area contributed by atoms with E-state index >= 15 is 0 Å². The lowest BCUT2D eigenvalue weighted by atomic mass is 10.1. The van der Waals surface area contributed by atoms with Crippen LogP contribution in [-0.4, -0.2) is 92.5 Å². The maximum absolute atomic E-state index is 11.2. The summed E-state index contributed by atoms with van der Waals surface area (Å²) in [6.07, 6.45) is 15.0. The largest absolute Gasteiger partial charge is 0.462 e. The molecule has 46 heavy (non-hydrogen) atoms. The molecule has 12 nitrogen and oxygen atoms in total. The van der Waals surface area contributed by atoms with Crippen LogP contribution in [0.25, 0.3) is 0 Å². The quantitative estimate of drug-likeness (QED) is 0.0615. The Kier molecular flexibility index (Phi) is 32.1. The van der Waals surface area contributed by atoms with Crippen LogP contribution in [0.4, 0.5) is 0 Å². The Labute approximate surface area is 277 Å². The summed E-state index contributed by atoms with van der Waals surface area (Å²) >= 11 is 0. The first-order valence-corrected chi connectivity index (χ1v) is 17.1. The fourth-order valence-corrected chi connectivity index (χ4v) is 4.61. The molecule has 0 unspecified atom stereocenters. The van der Waals surface area contributed by atoms with E-state index in [0.717, 1.165) is 38.5 Å². The van der Waals surface area contributed by atoms with Crippen LogP contribution in [0, 0.1) is 0 Å². The van der Waals surface area contributed by atoms with Gasteiger partial charge in [-0.15, -0.1) is 0 Å². The minimum atomic E-state index is -0.631. The Balaban J connectivity index is 0. The number of aliphatic hydroxyl groups excluding tert-OH is 1. The van der Waals surface area contributed by atoms with Crippen molar-refractivity contribution in [2.45, 2.75) is 156 Å².